The summed E-state index contributed by atoms with van der Waals surface area (Å²) in [5, 5.41) is 1.71. The molecule has 0 saturated carbocycles. The zero-order valence-electron chi connectivity index (χ0n) is 15.8. The molecule has 1 aromatic heterocycles. The fraction of sp³-hybridized carbons (Fsp3) is 0.250. The van der Waals surface area contributed by atoms with Crippen LogP contribution in [-0.2, 0) is 6.42 Å². The largest absolute Gasteiger partial charge is 0.430 e. The topological polar surface area (TPSA) is 50.6 Å². The summed E-state index contributed by atoms with van der Waals surface area (Å²) in [5.41, 5.74) is 2.71. The maximum absolute atomic E-state index is 6.36. The van der Waals surface area contributed by atoms with Crippen molar-refractivity contribution in [3.05, 3.63) is 63.4 Å². The van der Waals surface area contributed by atoms with E-state index in [1.54, 1.807) is 12.4 Å². The lowest BCUT2D eigenvalue weighted by atomic mass is 10.1. The number of rotatable bonds is 7. The summed E-state index contributed by atoms with van der Waals surface area (Å²) in [6.07, 6.45) is 2.38. The van der Waals surface area contributed by atoms with E-state index < -0.39 is 0 Å². The van der Waals surface area contributed by atoms with Crippen molar-refractivity contribution in [2.24, 2.45) is 4.99 Å². The Morgan fingerprint density at radius 3 is 2.68 bits per heavy atom. The van der Waals surface area contributed by atoms with E-state index in [2.05, 4.69) is 21.3 Å². The Morgan fingerprint density at radius 2 is 1.96 bits per heavy atom. The molecule has 0 fully saturated rings. The van der Waals surface area contributed by atoms with Crippen LogP contribution in [-0.4, -0.2) is 34.2 Å². The maximum atomic E-state index is 6.36. The number of hydrogen-bond donors (Lipinski definition) is 0. The third kappa shape index (κ3) is 5.44. The van der Waals surface area contributed by atoms with Crippen LogP contribution in [0, 0.1) is 6.92 Å². The Hall–Kier alpha value is -2.15. The van der Waals surface area contributed by atoms with Gasteiger partial charge in [-0.3, -0.25) is 0 Å². The van der Waals surface area contributed by atoms with Crippen molar-refractivity contribution in [2.75, 3.05) is 13.6 Å². The Bertz CT molecular complexity index is 973. The third-order valence-corrected chi connectivity index (χ3v) is 5.25. The van der Waals surface area contributed by atoms with Crippen molar-refractivity contribution >= 4 is 46.8 Å². The summed E-state index contributed by atoms with van der Waals surface area (Å²) in [5.74, 6) is 1.34. The molecule has 0 aliphatic carbocycles. The lowest BCUT2D eigenvalue weighted by Crippen LogP contribution is -2.14. The van der Waals surface area contributed by atoms with Crippen molar-refractivity contribution in [1.29, 1.82) is 0 Å². The van der Waals surface area contributed by atoms with E-state index in [-0.39, 0.29) is 0 Å². The van der Waals surface area contributed by atoms with Gasteiger partial charge in [0.15, 0.2) is 5.82 Å². The molecule has 146 valence electrons. The quantitative estimate of drug-likeness (QED) is 0.330. The van der Waals surface area contributed by atoms with E-state index >= 15 is 0 Å². The van der Waals surface area contributed by atoms with Crippen LogP contribution < -0.4 is 4.74 Å². The monoisotopic (exact) mass is 434 g/mol. The number of hydrogen-bond acceptors (Lipinski definition) is 5. The van der Waals surface area contributed by atoms with Gasteiger partial charge in [-0.25, -0.2) is 4.99 Å². The van der Waals surface area contributed by atoms with Gasteiger partial charge < -0.3 is 9.64 Å². The molecule has 0 unspecified atom stereocenters. The zero-order valence-corrected chi connectivity index (χ0v) is 18.1. The van der Waals surface area contributed by atoms with E-state index in [0.29, 0.717) is 38.9 Å². The Morgan fingerprint density at radius 1 is 1.21 bits per heavy atom. The van der Waals surface area contributed by atoms with Gasteiger partial charge >= 0.3 is 0 Å². The van der Waals surface area contributed by atoms with E-state index in [9.17, 15) is 0 Å². The molecule has 0 aliphatic rings. The van der Waals surface area contributed by atoms with E-state index in [0.717, 1.165) is 17.7 Å². The lowest BCUT2D eigenvalue weighted by molar-refractivity contribution is 0.474. The van der Waals surface area contributed by atoms with Crippen LogP contribution in [0.25, 0.3) is 0 Å². The van der Waals surface area contributed by atoms with Gasteiger partial charge in [0.2, 0.25) is 0 Å². The Kier molecular flexibility index (Phi) is 6.88. The molecule has 3 aromatic rings. The molecule has 28 heavy (non-hydrogen) atoms. The molecular weight excluding hydrogens is 415 g/mol. The third-order valence-electron chi connectivity index (χ3n) is 4.06. The summed E-state index contributed by atoms with van der Waals surface area (Å²) in [4.78, 5) is 10.9. The van der Waals surface area contributed by atoms with Gasteiger partial charge in [0, 0.05) is 42.6 Å². The van der Waals surface area contributed by atoms with Crippen molar-refractivity contribution < 1.29 is 4.74 Å². The van der Waals surface area contributed by atoms with Gasteiger partial charge in [-0.2, -0.15) is 9.36 Å². The minimum atomic E-state index is 0.477. The highest BCUT2D eigenvalue weighted by molar-refractivity contribution is 7.07. The number of nitrogens with zero attached hydrogens (tertiary/aromatic N) is 4. The second-order valence-electron chi connectivity index (χ2n) is 6.27. The fourth-order valence-electron chi connectivity index (χ4n) is 2.33. The van der Waals surface area contributed by atoms with E-state index in [4.69, 9.17) is 27.9 Å². The van der Waals surface area contributed by atoms with E-state index in [1.807, 2.05) is 49.2 Å². The molecular formula is C20H20Cl2N4OS. The summed E-state index contributed by atoms with van der Waals surface area (Å²) in [7, 11) is 1.96. The number of ether oxygens (including phenoxy) is 1. The predicted octanol–water partition coefficient (Wildman–Crippen LogP) is 6.15. The van der Waals surface area contributed by atoms with E-state index in [1.165, 1.54) is 11.5 Å². The lowest BCUT2D eigenvalue weighted by Gasteiger charge is -2.10. The van der Waals surface area contributed by atoms with Gasteiger partial charge in [0.1, 0.15) is 5.75 Å². The number of benzene rings is 2. The molecule has 0 saturated heterocycles. The molecule has 5 nitrogen and oxygen atoms in total. The first-order valence-electron chi connectivity index (χ1n) is 8.74. The van der Waals surface area contributed by atoms with Gasteiger partial charge in [0.05, 0.1) is 17.0 Å². The van der Waals surface area contributed by atoms with Crippen LogP contribution in [0.3, 0.4) is 0 Å². The molecule has 2 aromatic carbocycles. The Balaban J connectivity index is 1.71. The minimum Gasteiger partial charge on any atom is -0.430 e. The van der Waals surface area contributed by atoms with Crippen molar-refractivity contribution in [2.45, 2.75) is 20.3 Å². The van der Waals surface area contributed by atoms with Crippen molar-refractivity contribution in [3.63, 3.8) is 0 Å². The van der Waals surface area contributed by atoms with Gasteiger partial charge in [-0.1, -0.05) is 35.3 Å². The highest BCUT2D eigenvalue weighted by atomic mass is 35.5. The van der Waals surface area contributed by atoms with Crippen LogP contribution in [0.2, 0.25) is 10.0 Å². The molecule has 3 rings (SSSR count). The van der Waals surface area contributed by atoms with Gasteiger partial charge in [0.25, 0.3) is 5.19 Å². The normalized spacial score (nSPS) is 11.2. The molecule has 0 amide bonds. The number of aromatic nitrogens is 2. The molecule has 0 atom stereocenters. The summed E-state index contributed by atoms with van der Waals surface area (Å²) >= 11 is 13.5. The average molecular weight is 435 g/mol. The number of aryl methyl sites for hydroxylation is 1. The van der Waals surface area contributed by atoms with Crippen LogP contribution in [0.15, 0.2) is 41.4 Å². The number of aliphatic imine (C=N–C) groups is 1. The van der Waals surface area contributed by atoms with Gasteiger partial charge in [-0.05, 0) is 43.2 Å². The van der Waals surface area contributed by atoms with Crippen molar-refractivity contribution in [1.82, 2.24) is 14.3 Å². The SMILES string of the molecule is CCN(C)/C=N\c1cc(C)c(Oc2nc(Cc3ccc(Cl)cc3)ns2)cc1Cl. The predicted molar refractivity (Wildman–Crippen MR) is 117 cm³/mol. The molecule has 0 aliphatic heterocycles. The first-order valence-corrected chi connectivity index (χ1v) is 10.3. The molecule has 8 heteroatoms. The Labute approximate surface area is 178 Å². The second-order valence-corrected chi connectivity index (χ2v) is 7.83. The van der Waals surface area contributed by atoms with Crippen LogP contribution in [0.4, 0.5) is 5.69 Å². The molecule has 0 bridgehead atoms. The first-order chi connectivity index (χ1) is 13.4. The van der Waals surface area contributed by atoms with Crippen LogP contribution >= 0.6 is 34.7 Å². The number of halogens is 2. The minimum absolute atomic E-state index is 0.477. The van der Waals surface area contributed by atoms with Crippen LogP contribution in [0.5, 0.6) is 10.9 Å². The van der Waals surface area contributed by atoms with Gasteiger partial charge in [-0.15, -0.1) is 0 Å². The highest BCUT2D eigenvalue weighted by Gasteiger charge is 2.11. The molecule has 0 spiro atoms. The van der Waals surface area contributed by atoms with Crippen LogP contribution in [0.1, 0.15) is 23.9 Å². The first kappa shape index (κ1) is 20.6. The average Bonchev–Trinajstić information content (AvgIpc) is 3.11. The maximum Gasteiger partial charge on any atom is 0.298 e. The zero-order chi connectivity index (χ0) is 20.1. The van der Waals surface area contributed by atoms with Crippen molar-refractivity contribution in [3.8, 4) is 10.9 Å². The summed E-state index contributed by atoms with van der Waals surface area (Å²) < 4.78 is 10.3. The fourth-order valence-corrected chi connectivity index (χ4v) is 3.22. The highest BCUT2D eigenvalue weighted by Crippen LogP contribution is 2.35. The standard InChI is InChI=1S/C20H20Cl2N4OS/c1-4-26(3)12-23-17-9-13(2)18(11-16(17)22)27-20-24-19(25-28-20)10-14-5-7-15(21)8-6-14/h5-9,11-12H,4,10H2,1-3H3/b23-12-. The summed E-state index contributed by atoms with van der Waals surface area (Å²) in [6, 6.07) is 11.3. The molecule has 0 N–H and O–H groups in total. The molecule has 1 heterocycles. The second kappa shape index (κ2) is 9.37. The molecule has 0 radical (unpaired) electrons. The summed E-state index contributed by atoms with van der Waals surface area (Å²) in [6.45, 7) is 4.87. The smallest absolute Gasteiger partial charge is 0.298 e.